The number of rotatable bonds is 2. The molecule has 3 rings (SSSR count). The third-order valence-corrected chi connectivity index (χ3v) is 3.96. The fraction of sp³-hybridized carbons (Fsp3) is 0.500. The summed E-state index contributed by atoms with van der Waals surface area (Å²) >= 11 is 0. The van der Waals surface area contributed by atoms with Crippen LogP contribution in [0.25, 0.3) is 0 Å². The molecule has 96 valence electrons. The van der Waals surface area contributed by atoms with E-state index in [1.165, 1.54) is 0 Å². The molecule has 4 heteroatoms. The summed E-state index contributed by atoms with van der Waals surface area (Å²) in [6, 6.07) is 7.88. The topological polar surface area (TPSA) is 64.4 Å². The summed E-state index contributed by atoms with van der Waals surface area (Å²) in [5.74, 6) is 0.851. The molecule has 0 spiro atoms. The van der Waals surface area contributed by atoms with Gasteiger partial charge in [-0.25, -0.2) is 0 Å². The van der Waals surface area contributed by atoms with Crippen molar-refractivity contribution in [3.63, 3.8) is 0 Å². The zero-order chi connectivity index (χ0) is 12.6. The minimum Gasteiger partial charge on any atom is -0.493 e. The highest BCUT2D eigenvalue weighted by atomic mass is 16.5. The first-order valence-electron chi connectivity index (χ1n) is 6.51. The van der Waals surface area contributed by atoms with Crippen LogP contribution in [0.5, 0.6) is 5.75 Å². The first-order valence-corrected chi connectivity index (χ1v) is 6.51. The first kappa shape index (κ1) is 11.5. The molecule has 1 heterocycles. The van der Waals surface area contributed by atoms with Gasteiger partial charge >= 0.3 is 0 Å². The Balaban J connectivity index is 1.76. The van der Waals surface area contributed by atoms with Crippen molar-refractivity contribution in [2.75, 3.05) is 6.61 Å². The average molecular weight is 246 g/mol. The lowest BCUT2D eigenvalue weighted by atomic mass is 9.76. The summed E-state index contributed by atoms with van der Waals surface area (Å²) in [4.78, 5) is 12.1. The Bertz CT molecular complexity index is 469. The predicted molar refractivity (Wildman–Crippen MR) is 68.2 cm³/mol. The van der Waals surface area contributed by atoms with Crippen LogP contribution in [0.2, 0.25) is 0 Å². The van der Waals surface area contributed by atoms with Gasteiger partial charge in [0.2, 0.25) is 5.91 Å². The Labute approximate surface area is 107 Å². The molecule has 0 aromatic heterocycles. The summed E-state index contributed by atoms with van der Waals surface area (Å²) in [6.07, 6.45) is 3.44. The summed E-state index contributed by atoms with van der Waals surface area (Å²) in [5, 5.41) is 3.07. The van der Waals surface area contributed by atoms with Gasteiger partial charge in [0.05, 0.1) is 18.2 Å². The third-order valence-electron chi connectivity index (χ3n) is 3.96. The number of hydrogen-bond donors (Lipinski definition) is 2. The molecule has 1 fully saturated rings. The third kappa shape index (κ3) is 1.86. The Hall–Kier alpha value is -1.55. The molecule has 1 aliphatic heterocycles. The lowest BCUT2D eigenvalue weighted by Crippen LogP contribution is -2.59. The molecule has 0 radical (unpaired) electrons. The van der Waals surface area contributed by atoms with Gasteiger partial charge in [-0.1, -0.05) is 18.2 Å². The minimum absolute atomic E-state index is 0.0181. The van der Waals surface area contributed by atoms with Crippen molar-refractivity contribution < 1.29 is 9.53 Å². The number of benzene rings is 1. The van der Waals surface area contributed by atoms with Crippen LogP contribution in [-0.2, 0) is 4.79 Å². The van der Waals surface area contributed by atoms with E-state index in [1.807, 2.05) is 24.3 Å². The van der Waals surface area contributed by atoms with Gasteiger partial charge < -0.3 is 15.8 Å². The maximum absolute atomic E-state index is 12.1. The molecule has 4 nitrogen and oxygen atoms in total. The van der Waals surface area contributed by atoms with Crippen LogP contribution in [0, 0.1) is 0 Å². The maximum Gasteiger partial charge on any atom is 0.240 e. The van der Waals surface area contributed by atoms with E-state index < -0.39 is 5.54 Å². The Morgan fingerprint density at radius 1 is 1.39 bits per heavy atom. The molecular formula is C14H18N2O2. The lowest BCUT2D eigenvalue weighted by Gasteiger charge is -2.38. The molecule has 1 amide bonds. The number of hydrogen-bond acceptors (Lipinski definition) is 3. The molecule has 18 heavy (non-hydrogen) atoms. The van der Waals surface area contributed by atoms with Gasteiger partial charge in [-0.15, -0.1) is 0 Å². The van der Waals surface area contributed by atoms with Crippen molar-refractivity contribution in [2.45, 2.75) is 37.3 Å². The van der Waals surface area contributed by atoms with E-state index in [1.54, 1.807) is 0 Å². The van der Waals surface area contributed by atoms with Gasteiger partial charge in [-0.3, -0.25) is 4.79 Å². The van der Waals surface area contributed by atoms with E-state index >= 15 is 0 Å². The second-order valence-corrected chi connectivity index (χ2v) is 5.21. The Morgan fingerprint density at radius 2 is 2.17 bits per heavy atom. The van der Waals surface area contributed by atoms with Gasteiger partial charge in [0.1, 0.15) is 5.75 Å². The monoisotopic (exact) mass is 246 g/mol. The molecular weight excluding hydrogens is 228 g/mol. The van der Waals surface area contributed by atoms with Gasteiger partial charge in [0.25, 0.3) is 0 Å². The van der Waals surface area contributed by atoms with E-state index in [9.17, 15) is 4.79 Å². The van der Waals surface area contributed by atoms with E-state index in [0.29, 0.717) is 6.61 Å². The van der Waals surface area contributed by atoms with Crippen LogP contribution in [0.15, 0.2) is 24.3 Å². The van der Waals surface area contributed by atoms with Gasteiger partial charge in [0.15, 0.2) is 0 Å². The van der Waals surface area contributed by atoms with Crippen LogP contribution < -0.4 is 15.8 Å². The van der Waals surface area contributed by atoms with E-state index in [4.69, 9.17) is 10.5 Å². The fourth-order valence-electron chi connectivity index (χ4n) is 2.58. The standard InChI is InChI=1S/C14H18N2O2/c15-14(7-3-8-14)13(17)16-11-6-9-18-12-5-2-1-4-10(11)12/h1-2,4-5,11H,3,6-9,15H2,(H,16,17). The van der Waals surface area contributed by atoms with Crippen molar-refractivity contribution in [3.05, 3.63) is 29.8 Å². The minimum atomic E-state index is -0.632. The van der Waals surface area contributed by atoms with E-state index in [2.05, 4.69) is 5.32 Å². The van der Waals surface area contributed by atoms with Crippen molar-refractivity contribution >= 4 is 5.91 Å². The summed E-state index contributed by atoms with van der Waals surface area (Å²) < 4.78 is 5.58. The highest BCUT2D eigenvalue weighted by molar-refractivity contribution is 5.87. The summed E-state index contributed by atoms with van der Waals surface area (Å²) in [6.45, 7) is 0.638. The molecule has 1 unspecified atom stereocenters. The van der Waals surface area contributed by atoms with E-state index in [-0.39, 0.29) is 11.9 Å². The summed E-state index contributed by atoms with van der Waals surface area (Å²) in [7, 11) is 0. The van der Waals surface area contributed by atoms with Crippen LogP contribution >= 0.6 is 0 Å². The molecule has 0 bridgehead atoms. The van der Waals surface area contributed by atoms with Gasteiger partial charge in [-0.2, -0.15) is 0 Å². The number of ether oxygens (including phenoxy) is 1. The lowest BCUT2D eigenvalue weighted by molar-refractivity contribution is -0.130. The normalized spacial score (nSPS) is 24.4. The summed E-state index contributed by atoms with van der Waals surface area (Å²) in [5.41, 5.74) is 6.46. The van der Waals surface area contributed by atoms with Crippen LogP contribution in [0.1, 0.15) is 37.3 Å². The number of carbonyl (C=O) groups excluding carboxylic acids is 1. The van der Waals surface area contributed by atoms with Crippen molar-refractivity contribution in [1.29, 1.82) is 0 Å². The zero-order valence-corrected chi connectivity index (χ0v) is 10.3. The number of nitrogens with one attached hydrogen (secondary N) is 1. The molecule has 1 aromatic carbocycles. The number of nitrogens with two attached hydrogens (primary N) is 1. The number of fused-ring (bicyclic) bond motifs is 1. The van der Waals surface area contributed by atoms with Crippen LogP contribution in [-0.4, -0.2) is 18.1 Å². The number of para-hydroxylation sites is 1. The van der Waals surface area contributed by atoms with Crippen molar-refractivity contribution in [2.24, 2.45) is 5.73 Å². The second kappa shape index (κ2) is 4.28. The predicted octanol–water partition coefficient (Wildman–Crippen LogP) is 1.51. The number of amides is 1. The smallest absolute Gasteiger partial charge is 0.240 e. The van der Waals surface area contributed by atoms with Crippen molar-refractivity contribution in [1.82, 2.24) is 5.32 Å². The molecule has 1 atom stereocenters. The highest BCUT2D eigenvalue weighted by Gasteiger charge is 2.41. The molecule has 1 saturated carbocycles. The zero-order valence-electron chi connectivity index (χ0n) is 10.3. The average Bonchev–Trinajstić information content (AvgIpc) is 2.36. The molecule has 1 aromatic rings. The van der Waals surface area contributed by atoms with Crippen LogP contribution in [0.4, 0.5) is 0 Å². The quantitative estimate of drug-likeness (QED) is 0.831. The second-order valence-electron chi connectivity index (χ2n) is 5.21. The Kier molecular flexibility index (Phi) is 2.74. The Morgan fingerprint density at radius 3 is 2.89 bits per heavy atom. The fourth-order valence-corrected chi connectivity index (χ4v) is 2.58. The van der Waals surface area contributed by atoms with Crippen LogP contribution in [0.3, 0.4) is 0 Å². The van der Waals surface area contributed by atoms with Gasteiger partial charge in [-0.05, 0) is 25.3 Å². The number of carbonyl (C=O) groups is 1. The molecule has 2 aliphatic rings. The SMILES string of the molecule is NC1(C(=O)NC2CCOc3ccccc32)CCC1. The largest absolute Gasteiger partial charge is 0.493 e. The van der Waals surface area contributed by atoms with Gasteiger partial charge in [0, 0.05) is 12.0 Å². The molecule has 1 aliphatic carbocycles. The highest BCUT2D eigenvalue weighted by Crippen LogP contribution is 2.34. The van der Waals surface area contributed by atoms with E-state index in [0.717, 1.165) is 37.0 Å². The molecule has 0 saturated heterocycles. The molecule has 3 N–H and O–H groups in total. The maximum atomic E-state index is 12.1. The van der Waals surface area contributed by atoms with Crippen molar-refractivity contribution in [3.8, 4) is 5.75 Å². The first-order chi connectivity index (χ1) is 8.69.